The van der Waals surface area contributed by atoms with Gasteiger partial charge in [0.2, 0.25) is 0 Å². The number of aliphatic hydroxyl groups excluding tert-OH is 1. The number of benzene rings is 1. The minimum atomic E-state index is -1.40. The number of thiophene rings is 1. The molecule has 1 aromatic carbocycles. The van der Waals surface area contributed by atoms with E-state index in [1.54, 1.807) is 47.8 Å². The van der Waals surface area contributed by atoms with Gasteiger partial charge in [-0.2, -0.15) is 0 Å². The highest BCUT2D eigenvalue weighted by atomic mass is 32.1. The zero-order valence-corrected chi connectivity index (χ0v) is 11.2. The highest BCUT2D eigenvalue weighted by Crippen LogP contribution is 2.18. The Kier molecular flexibility index (Phi) is 4.49. The van der Waals surface area contributed by atoms with Crippen LogP contribution >= 0.6 is 11.3 Å². The van der Waals surface area contributed by atoms with Crippen LogP contribution in [0.4, 0.5) is 0 Å². The second kappa shape index (κ2) is 6.31. The molecule has 104 valence electrons. The van der Waals surface area contributed by atoms with Crippen LogP contribution in [0.15, 0.2) is 47.8 Å². The first-order valence-corrected chi connectivity index (χ1v) is 6.77. The predicted octanol–water partition coefficient (Wildman–Crippen LogP) is 1.66. The molecule has 0 saturated heterocycles. The van der Waals surface area contributed by atoms with Crippen LogP contribution < -0.4 is 5.32 Å². The molecule has 2 atom stereocenters. The molecule has 1 heterocycles. The first-order valence-electron chi connectivity index (χ1n) is 5.90. The molecule has 0 fully saturated rings. The number of amides is 1. The molecule has 0 saturated carbocycles. The van der Waals surface area contributed by atoms with Gasteiger partial charge in [0.15, 0.2) is 6.04 Å². The van der Waals surface area contributed by atoms with Crippen molar-refractivity contribution in [1.29, 1.82) is 0 Å². The third kappa shape index (κ3) is 3.23. The first-order chi connectivity index (χ1) is 9.59. The number of aliphatic hydroxyl groups is 1. The van der Waals surface area contributed by atoms with Gasteiger partial charge in [-0.15, -0.1) is 11.3 Å². The number of hydrogen-bond donors (Lipinski definition) is 3. The van der Waals surface area contributed by atoms with E-state index in [-0.39, 0.29) is 0 Å². The molecule has 2 unspecified atom stereocenters. The molecule has 3 N–H and O–H groups in total. The molecule has 6 heteroatoms. The van der Waals surface area contributed by atoms with E-state index in [9.17, 15) is 19.8 Å². The standard InChI is InChI=1S/C14H13NO4S/c16-12(9-5-2-1-3-6-9)11(14(18)19)15-13(17)10-7-4-8-20-10/h1-8,11-12,16H,(H,15,17)(H,18,19). The third-order valence-electron chi connectivity index (χ3n) is 2.75. The number of nitrogens with one attached hydrogen (secondary N) is 1. The van der Waals surface area contributed by atoms with E-state index in [1.165, 1.54) is 11.3 Å². The summed E-state index contributed by atoms with van der Waals surface area (Å²) in [5, 5.41) is 23.3. The Bertz CT molecular complexity index is 582. The average Bonchev–Trinajstić information content (AvgIpc) is 2.98. The number of carbonyl (C=O) groups is 2. The van der Waals surface area contributed by atoms with Gasteiger partial charge in [-0.3, -0.25) is 4.79 Å². The normalized spacial score (nSPS) is 13.4. The molecule has 1 aromatic heterocycles. The number of carbonyl (C=O) groups excluding carboxylic acids is 1. The maximum absolute atomic E-state index is 11.9. The molecule has 0 spiro atoms. The largest absolute Gasteiger partial charge is 0.480 e. The van der Waals surface area contributed by atoms with Crippen molar-refractivity contribution in [1.82, 2.24) is 5.32 Å². The summed E-state index contributed by atoms with van der Waals surface area (Å²) in [6.07, 6.45) is -1.31. The number of carboxylic acids is 1. The number of carboxylic acid groups (broad SMARTS) is 1. The van der Waals surface area contributed by atoms with Crippen molar-refractivity contribution in [2.24, 2.45) is 0 Å². The molecular formula is C14H13NO4S. The van der Waals surface area contributed by atoms with Gasteiger partial charge in [0.25, 0.3) is 5.91 Å². The molecule has 2 aromatic rings. The number of aliphatic carboxylic acids is 1. The van der Waals surface area contributed by atoms with Crippen molar-refractivity contribution in [3.63, 3.8) is 0 Å². The SMILES string of the molecule is O=C(NC(C(=O)O)C(O)c1ccccc1)c1cccs1. The second-order valence-corrected chi connectivity index (χ2v) is 5.07. The van der Waals surface area contributed by atoms with Crippen molar-refractivity contribution in [2.75, 3.05) is 0 Å². The van der Waals surface area contributed by atoms with Crippen LogP contribution in [0.25, 0.3) is 0 Å². The van der Waals surface area contributed by atoms with Gasteiger partial charge in [0, 0.05) is 0 Å². The van der Waals surface area contributed by atoms with E-state index >= 15 is 0 Å². The molecule has 0 aliphatic carbocycles. The van der Waals surface area contributed by atoms with Gasteiger partial charge in [-0.05, 0) is 17.0 Å². The molecule has 1 amide bonds. The van der Waals surface area contributed by atoms with E-state index in [0.29, 0.717) is 10.4 Å². The zero-order chi connectivity index (χ0) is 14.5. The Morgan fingerprint density at radius 3 is 2.35 bits per heavy atom. The fraction of sp³-hybridized carbons (Fsp3) is 0.143. The van der Waals surface area contributed by atoms with E-state index < -0.39 is 24.0 Å². The fourth-order valence-corrected chi connectivity index (χ4v) is 2.37. The van der Waals surface area contributed by atoms with Crippen LogP contribution in [-0.2, 0) is 4.79 Å². The quantitative estimate of drug-likeness (QED) is 0.782. The lowest BCUT2D eigenvalue weighted by molar-refractivity contribution is -0.142. The van der Waals surface area contributed by atoms with Crippen molar-refractivity contribution < 1.29 is 19.8 Å². The van der Waals surface area contributed by atoms with Crippen LogP contribution in [-0.4, -0.2) is 28.1 Å². The number of hydrogen-bond acceptors (Lipinski definition) is 4. The summed E-state index contributed by atoms with van der Waals surface area (Å²) in [6, 6.07) is 10.3. The summed E-state index contributed by atoms with van der Waals surface area (Å²) in [6.45, 7) is 0. The van der Waals surface area contributed by atoms with E-state index in [4.69, 9.17) is 0 Å². The Balaban J connectivity index is 2.15. The molecule has 0 aliphatic rings. The predicted molar refractivity (Wildman–Crippen MR) is 74.6 cm³/mol. The Labute approximate surface area is 119 Å². The van der Waals surface area contributed by atoms with Gasteiger partial charge < -0.3 is 15.5 Å². The highest BCUT2D eigenvalue weighted by Gasteiger charge is 2.29. The Morgan fingerprint density at radius 1 is 1.10 bits per heavy atom. The lowest BCUT2D eigenvalue weighted by atomic mass is 10.0. The molecule has 0 bridgehead atoms. The molecule has 2 rings (SSSR count). The van der Waals surface area contributed by atoms with Gasteiger partial charge in [0.1, 0.15) is 6.10 Å². The van der Waals surface area contributed by atoms with E-state index in [1.807, 2.05) is 0 Å². The second-order valence-electron chi connectivity index (χ2n) is 4.12. The van der Waals surface area contributed by atoms with Crippen LogP contribution in [0.2, 0.25) is 0 Å². The monoisotopic (exact) mass is 291 g/mol. The Hall–Kier alpha value is -2.18. The van der Waals surface area contributed by atoms with Gasteiger partial charge in [0.05, 0.1) is 4.88 Å². The first kappa shape index (κ1) is 14.2. The van der Waals surface area contributed by atoms with Gasteiger partial charge in [-0.25, -0.2) is 4.79 Å². The van der Waals surface area contributed by atoms with Crippen molar-refractivity contribution in [3.05, 3.63) is 58.3 Å². The summed E-state index contributed by atoms with van der Waals surface area (Å²) in [5.41, 5.74) is 0.436. The summed E-state index contributed by atoms with van der Waals surface area (Å²) in [7, 11) is 0. The molecule has 0 radical (unpaired) electrons. The smallest absolute Gasteiger partial charge is 0.329 e. The van der Waals surface area contributed by atoms with E-state index in [2.05, 4.69) is 5.32 Å². The number of rotatable bonds is 5. The summed E-state index contributed by atoms with van der Waals surface area (Å²) in [4.78, 5) is 23.5. The van der Waals surface area contributed by atoms with Crippen LogP contribution in [0.1, 0.15) is 21.3 Å². The van der Waals surface area contributed by atoms with Gasteiger partial charge >= 0.3 is 5.97 Å². The fourth-order valence-electron chi connectivity index (χ4n) is 1.74. The summed E-state index contributed by atoms with van der Waals surface area (Å²) >= 11 is 1.21. The lowest BCUT2D eigenvalue weighted by Crippen LogP contribution is -2.44. The van der Waals surface area contributed by atoms with Crippen LogP contribution in [0, 0.1) is 0 Å². The summed E-state index contributed by atoms with van der Waals surface area (Å²) in [5.74, 6) is -1.80. The highest BCUT2D eigenvalue weighted by molar-refractivity contribution is 7.12. The van der Waals surface area contributed by atoms with Crippen molar-refractivity contribution in [3.8, 4) is 0 Å². The topological polar surface area (TPSA) is 86.6 Å². The van der Waals surface area contributed by atoms with E-state index in [0.717, 1.165) is 0 Å². The third-order valence-corrected chi connectivity index (χ3v) is 3.62. The van der Waals surface area contributed by atoms with Crippen molar-refractivity contribution >= 4 is 23.2 Å². The average molecular weight is 291 g/mol. The van der Waals surface area contributed by atoms with Crippen LogP contribution in [0.5, 0.6) is 0 Å². The summed E-state index contributed by atoms with van der Waals surface area (Å²) < 4.78 is 0. The maximum atomic E-state index is 11.9. The van der Waals surface area contributed by atoms with Gasteiger partial charge in [-0.1, -0.05) is 36.4 Å². The Morgan fingerprint density at radius 2 is 1.80 bits per heavy atom. The minimum Gasteiger partial charge on any atom is -0.480 e. The van der Waals surface area contributed by atoms with Crippen molar-refractivity contribution in [2.45, 2.75) is 12.1 Å². The molecule has 5 nitrogen and oxygen atoms in total. The molecule has 0 aliphatic heterocycles. The lowest BCUT2D eigenvalue weighted by Gasteiger charge is -2.20. The maximum Gasteiger partial charge on any atom is 0.329 e. The molecule has 20 heavy (non-hydrogen) atoms. The molecular weight excluding hydrogens is 278 g/mol. The zero-order valence-electron chi connectivity index (χ0n) is 10.4. The van der Waals surface area contributed by atoms with Crippen LogP contribution in [0.3, 0.4) is 0 Å². The minimum absolute atomic E-state index is 0.400.